The number of aromatic nitrogens is 3. The predicted octanol–water partition coefficient (Wildman–Crippen LogP) is 5.00. The monoisotopic (exact) mass is 411 g/mol. The lowest BCUT2D eigenvalue weighted by Crippen LogP contribution is -2.34. The molecule has 5 rings (SSSR count). The summed E-state index contributed by atoms with van der Waals surface area (Å²) < 4.78 is 6.05. The number of nitrogens with one attached hydrogen (secondary N) is 3. The largest absolute Gasteiger partial charge is 0.490 e. The van der Waals surface area contributed by atoms with Gasteiger partial charge in [-0.05, 0) is 67.9 Å². The number of hydrogen-bond donors (Lipinski definition) is 3. The van der Waals surface area contributed by atoms with Gasteiger partial charge in [0, 0.05) is 40.7 Å². The standard InChI is InChI=1S/C25H25N5O/c1-2-19(23-12-15-27-24(23)3-1)5-4-18-16-28-25(29-17-18)30-20-6-8-21(9-7-20)31-22-10-13-26-14-11-22/h1-9,12,15-17,22,26-27H,10-11,13-14H2,(H,28,29,30)/b5-4+. The molecule has 0 radical (unpaired) electrons. The Morgan fingerprint density at radius 2 is 1.74 bits per heavy atom. The van der Waals surface area contributed by atoms with E-state index in [4.69, 9.17) is 4.74 Å². The highest BCUT2D eigenvalue weighted by Crippen LogP contribution is 2.22. The predicted molar refractivity (Wildman–Crippen MR) is 126 cm³/mol. The van der Waals surface area contributed by atoms with Gasteiger partial charge in [-0.25, -0.2) is 9.97 Å². The number of rotatable bonds is 6. The van der Waals surface area contributed by atoms with Crippen LogP contribution < -0.4 is 15.4 Å². The van der Waals surface area contributed by atoms with Crippen molar-refractivity contribution in [2.75, 3.05) is 18.4 Å². The Bertz CT molecular complexity index is 1160. The van der Waals surface area contributed by atoms with E-state index in [1.165, 1.54) is 5.39 Å². The molecule has 3 heterocycles. The van der Waals surface area contributed by atoms with Crippen molar-refractivity contribution in [3.8, 4) is 5.75 Å². The van der Waals surface area contributed by atoms with Crippen molar-refractivity contribution in [1.29, 1.82) is 0 Å². The Balaban J connectivity index is 1.20. The highest BCUT2D eigenvalue weighted by molar-refractivity contribution is 5.91. The fourth-order valence-corrected chi connectivity index (χ4v) is 3.78. The van der Waals surface area contributed by atoms with Crippen LogP contribution in [-0.4, -0.2) is 34.1 Å². The molecule has 2 aromatic carbocycles. The number of benzene rings is 2. The van der Waals surface area contributed by atoms with Gasteiger partial charge in [0.1, 0.15) is 11.9 Å². The van der Waals surface area contributed by atoms with Crippen LogP contribution in [0, 0.1) is 0 Å². The van der Waals surface area contributed by atoms with Crippen molar-refractivity contribution < 1.29 is 4.74 Å². The topological polar surface area (TPSA) is 74.9 Å². The van der Waals surface area contributed by atoms with Crippen LogP contribution in [0.4, 0.5) is 11.6 Å². The molecule has 0 aliphatic carbocycles. The third kappa shape index (κ3) is 4.75. The Kier molecular flexibility index (Phi) is 5.62. The van der Waals surface area contributed by atoms with Gasteiger partial charge >= 0.3 is 0 Å². The Hall–Kier alpha value is -3.64. The third-order valence-electron chi connectivity index (χ3n) is 5.46. The number of nitrogens with zero attached hydrogens (tertiary/aromatic N) is 2. The first kappa shape index (κ1) is 19.3. The zero-order chi connectivity index (χ0) is 20.9. The van der Waals surface area contributed by atoms with Gasteiger partial charge < -0.3 is 20.4 Å². The summed E-state index contributed by atoms with van der Waals surface area (Å²) in [7, 11) is 0. The molecule has 0 saturated carbocycles. The molecular formula is C25H25N5O. The molecule has 1 aliphatic heterocycles. The summed E-state index contributed by atoms with van der Waals surface area (Å²) in [6.45, 7) is 2.04. The van der Waals surface area contributed by atoms with Gasteiger partial charge in [-0.1, -0.05) is 24.3 Å². The van der Waals surface area contributed by atoms with Gasteiger partial charge in [0.2, 0.25) is 5.95 Å². The summed E-state index contributed by atoms with van der Waals surface area (Å²) in [5.41, 5.74) is 4.17. The summed E-state index contributed by atoms with van der Waals surface area (Å²) >= 11 is 0. The van der Waals surface area contributed by atoms with Crippen molar-refractivity contribution in [1.82, 2.24) is 20.3 Å². The van der Waals surface area contributed by atoms with E-state index in [0.717, 1.165) is 54.0 Å². The van der Waals surface area contributed by atoms with Crippen LogP contribution in [-0.2, 0) is 0 Å². The molecule has 1 aliphatic rings. The first-order valence-corrected chi connectivity index (χ1v) is 10.6. The van der Waals surface area contributed by atoms with Crippen LogP contribution >= 0.6 is 0 Å². The van der Waals surface area contributed by atoms with E-state index in [1.807, 2.05) is 55.0 Å². The second-order valence-corrected chi connectivity index (χ2v) is 7.68. The fraction of sp³-hybridized carbons (Fsp3) is 0.200. The van der Waals surface area contributed by atoms with Crippen molar-refractivity contribution in [3.63, 3.8) is 0 Å². The molecule has 2 aromatic heterocycles. The molecule has 0 spiro atoms. The first-order chi connectivity index (χ1) is 15.3. The van der Waals surface area contributed by atoms with Gasteiger partial charge in [-0.2, -0.15) is 0 Å². The molecule has 31 heavy (non-hydrogen) atoms. The van der Waals surface area contributed by atoms with Gasteiger partial charge in [0.15, 0.2) is 0 Å². The van der Waals surface area contributed by atoms with Crippen molar-refractivity contribution in [2.24, 2.45) is 0 Å². The minimum absolute atomic E-state index is 0.299. The number of fused-ring (bicyclic) bond motifs is 1. The maximum Gasteiger partial charge on any atom is 0.227 e. The number of ether oxygens (including phenoxy) is 1. The smallest absolute Gasteiger partial charge is 0.227 e. The SMILES string of the molecule is C(=C\c1cccc2[nH]ccc12)/c1cnc(Nc2ccc(OC3CCNCC3)cc2)nc1. The van der Waals surface area contributed by atoms with Crippen LogP contribution in [0.3, 0.4) is 0 Å². The number of H-pyrrole nitrogens is 1. The molecule has 0 unspecified atom stereocenters. The number of piperidine rings is 1. The third-order valence-corrected chi connectivity index (χ3v) is 5.46. The lowest BCUT2D eigenvalue weighted by Gasteiger charge is -2.23. The number of anilines is 2. The first-order valence-electron chi connectivity index (χ1n) is 10.6. The summed E-state index contributed by atoms with van der Waals surface area (Å²) in [5, 5.41) is 7.79. The summed E-state index contributed by atoms with van der Waals surface area (Å²) in [6, 6.07) is 16.3. The molecule has 0 amide bonds. The quantitative estimate of drug-likeness (QED) is 0.416. The average Bonchev–Trinajstić information content (AvgIpc) is 3.30. The molecule has 0 bridgehead atoms. The van der Waals surface area contributed by atoms with E-state index in [1.54, 1.807) is 0 Å². The van der Waals surface area contributed by atoms with Crippen LogP contribution in [0.2, 0.25) is 0 Å². The Morgan fingerprint density at radius 3 is 2.55 bits per heavy atom. The summed E-state index contributed by atoms with van der Waals surface area (Å²) in [5.74, 6) is 1.47. The summed E-state index contributed by atoms with van der Waals surface area (Å²) in [4.78, 5) is 12.1. The van der Waals surface area contributed by atoms with Crippen molar-refractivity contribution in [2.45, 2.75) is 18.9 Å². The van der Waals surface area contributed by atoms with E-state index in [2.05, 4.69) is 49.9 Å². The molecular weight excluding hydrogens is 386 g/mol. The normalized spacial score (nSPS) is 14.8. The molecule has 1 fully saturated rings. The van der Waals surface area contributed by atoms with E-state index < -0.39 is 0 Å². The van der Waals surface area contributed by atoms with Crippen LogP contribution in [0.25, 0.3) is 23.1 Å². The lowest BCUT2D eigenvalue weighted by molar-refractivity contribution is 0.162. The molecule has 1 saturated heterocycles. The Morgan fingerprint density at radius 1 is 0.935 bits per heavy atom. The highest BCUT2D eigenvalue weighted by Gasteiger charge is 2.14. The Labute approximate surface area is 181 Å². The van der Waals surface area contributed by atoms with Gasteiger partial charge in [0.25, 0.3) is 0 Å². The van der Waals surface area contributed by atoms with Crippen LogP contribution in [0.1, 0.15) is 24.0 Å². The fourth-order valence-electron chi connectivity index (χ4n) is 3.78. The van der Waals surface area contributed by atoms with Crippen LogP contribution in [0.5, 0.6) is 5.75 Å². The zero-order valence-electron chi connectivity index (χ0n) is 17.2. The molecule has 6 heteroatoms. The zero-order valence-corrected chi connectivity index (χ0v) is 17.2. The van der Waals surface area contributed by atoms with Crippen molar-refractivity contribution in [3.05, 3.63) is 78.2 Å². The van der Waals surface area contributed by atoms with E-state index in [9.17, 15) is 0 Å². The second-order valence-electron chi connectivity index (χ2n) is 7.68. The van der Waals surface area contributed by atoms with Gasteiger partial charge in [-0.15, -0.1) is 0 Å². The van der Waals surface area contributed by atoms with Gasteiger partial charge in [0.05, 0.1) is 0 Å². The van der Waals surface area contributed by atoms with Crippen molar-refractivity contribution >= 4 is 34.7 Å². The maximum atomic E-state index is 6.05. The van der Waals surface area contributed by atoms with Crippen LogP contribution in [0.15, 0.2) is 67.1 Å². The molecule has 6 nitrogen and oxygen atoms in total. The minimum atomic E-state index is 0.299. The van der Waals surface area contributed by atoms with Gasteiger partial charge in [-0.3, -0.25) is 0 Å². The lowest BCUT2D eigenvalue weighted by atomic mass is 10.1. The summed E-state index contributed by atoms with van der Waals surface area (Å²) in [6.07, 6.45) is 12.1. The van der Waals surface area contributed by atoms with E-state index in [0.29, 0.717) is 12.1 Å². The molecule has 156 valence electrons. The second kappa shape index (κ2) is 9.02. The molecule has 4 aromatic rings. The molecule has 3 N–H and O–H groups in total. The maximum absolute atomic E-state index is 6.05. The highest BCUT2D eigenvalue weighted by atomic mass is 16.5. The minimum Gasteiger partial charge on any atom is -0.490 e. The molecule has 0 atom stereocenters. The van der Waals surface area contributed by atoms with E-state index in [-0.39, 0.29) is 0 Å². The number of hydrogen-bond acceptors (Lipinski definition) is 5. The number of aromatic amines is 1. The average molecular weight is 412 g/mol. The van der Waals surface area contributed by atoms with E-state index >= 15 is 0 Å².